The van der Waals surface area contributed by atoms with Gasteiger partial charge in [-0.15, -0.1) is 0 Å². The minimum atomic E-state index is -0.508. The van der Waals surface area contributed by atoms with Crippen LogP contribution < -0.4 is 9.64 Å². The summed E-state index contributed by atoms with van der Waals surface area (Å²) in [7, 11) is 1.51. The van der Waals surface area contributed by atoms with E-state index < -0.39 is 5.97 Å². The molecule has 1 aliphatic heterocycles. The Morgan fingerprint density at radius 3 is 2.12 bits per heavy atom. The number of carbonyl (C=O) groups is 3. The van der Waals surface area contributed by atoms with Gasteiger partial charge in [-0.1, -0.05) is 12.1 Å². The number of esters is 1. The predicted molar refractivity (Wildman–Crippen MR) is 92.4 cm³/mol. The van der Waals surface area contributed by atoms with Gasteiger partial charge >= 0.3 is 5.97 Å². The van der Waals surface area contributed by atoms with E-state index in [2.05, 4.69) is 0 Å². The van der Waals surface area contributed by atoms with Crippen molar-refractivity contribution in [3.63, 3.8) is 0 Å². The van der Waals surface area contributed by atoms with Crippen LogP contribution in [-0.2, 0) is 14.3 Å². The van der Waals surface area contributed by atoms with Gasteiger partial charge in [0.1, 0.15) is 12.4 Å². The number of methoxy groups -OCH3 is 1. The van der Waals surface area contributed by atoms with Crippen molar-refractivity contribution in [3.05, 3.63) is 59.7 Å². The number of hydrogen-bond acceptors (Lipinski definition) is 6. The lowest BCUT2D eigenvalue weighted by Gasteiger charge is -2.14. The number of nitrogens with zero attached hydrogens (tertiary/aromatic N) is 1. The zero-order valence-corrected chi connectivity index (χ0v) is 14.1. The summed E-state index contributed by atoms with van der Waals surface area (Å²) in [6.07, 6.45) is 0. The summed E-state index contributed by atoms with van der Waals surface area (Å²) < 4.78 is 15.0. The van der Waals surface area contributed by atoms with Crippen LogP contribution in [0.25, 0.3) is 0 Å². The second-order valence-electron chi connectivity index (χ2n) is 5.49. The molecule has 2 aromatic carbocycles. The molecule has 2 aromatic rings. The van der Waals surface area contributed by atoms with Gasteiger partial charge in [-0.3, -0.25) is 9.59 Å². The van der Waals surface area contributed by atoms with Gasteiger partial charge < -0.3 is 14.2 Å². The SMILES string of the molecule is COCCOC(=O)COc1ccc(N2C(=O)c3ccccc3C2=O)cc1. The number of fused-ring (bicyclic) bond motifs is 1. The minimum Gasteiger partial charge on any atom is -0.482 e. The monoisotopic (exact) mass is 355 g/mol. The molecule has 0 aromatic heterocycles. The molecule has 0 spiro atoms. The Bertz CT molecular complexity index is 795. The van der Waals surface area contributed by atoms with Gasteiger partial charge in [0.2, 0.25) is 0 Å². The van der Waals surface area contributed by atoms with Gasteiger partial charge in [-0.05, 0) is 36.4 Å². The molecule has 0 N–H and O–H groups in total. The van der Waals surface area contributed by atoms with Crippen LogP contribution in [0.2, 0.25) is 0 Å². The lowest BCUT2D eigenvalue weighted by atomic mass is 10.1. The molecule has 3 rings (SSSR count). The average molecular weight is 355 g/mol. The standard InChI is InChI=1S/C19H17NO6/c1-24-10-11-25-17(21)12-26-14-8-6-13(7-9-14)20-18(22)15-4-2-3-5-16(15)19(20)23/h2-9H,10-12H2,1H3. The summed E-state index contributed by atoms with van der Waals surface area (Å²) in [6, 6.07) is 13.0. The molecule has 0 atom stereocenters. The fourth-order valence-corrected chi connectivity index (χ4v) is 2.54. The zero-order valence-electron chi connectivity index (χ0n) is 14.1. The first-order chi connectivity index (χ1) is 12.6. The molecule has 2 amide bonds. The molecule has 7 heteroatoms. The number of imide groups is 1. The van der Waals surface area contributed by atoms with Crippen LogP contribution in [0.3, 0.4) is 0 Å². The second kappa shape index (κ2) is 7.79. The molecule has 1 aliphatic rings. The van der Waals surface area contributed by atoms with Crippen molar-refractivity contribution in [1.82, 2.24) is 0 Å². The maximum atomic E-state index is 12.4. The van der Waals surface area contributed by atoms with Crippen LogP contribution in [0.4, 0.5) is 5.69 Å². The Kier molecular flexibility index (Phi) is 5.28. The Labute approximate surface area is 150 Å². The summed E-state index contributed by atoms with van der Waals surface area (Å²) >= 11 is 0. The maximum absolute atomic E-state index is 12.4. The number of amides is 2. The van der Waals surface area contributed by atoms with Crippen molar-refractivity contribution < 1.29 is 28.6 Å². The summed E-state index contributed by atoms with van der Waals surface area (Å²) in [5.74, 6) is -0.803. The number of benzene rings is 2. The number of rotatable bonds is 7. The molecule has 0 saturated carbocycles. The quantitative estimate of drug-likeness (QED) is 0.430. The molecule has 7 nitrogen and oxygen atoms in total. The van der Waals surface area contributed by atoms with Crippen LogP contribution in [0.15, 0.2) is 48.5 Å². The number of ether oxygens (including phenoxy) is 3. The molecule has 134 valence electrons. The highest BCUT2D eigenvalue weighted by Gasteiger charge is 2.36. The van der Waals surface area contributed by atoms with Gasteiger partial charge in [0.15, 0.2) is 6.61 Å². The smallest absolute Gasteiger partial charge is 0.344 e. The van der Waals surface area contributed by atoms with E-state index in [4.69, 9.17) is 14.2 Å². The second-order valence-corrected chi connectivity index (χ2v) is 5.49. The number of carbonyl (C=O) groups excluding carboxylic acids is 3. The van der Waals surface area contributed by atoms with Crippen LogP contribution in [0.1, 0.15) is 20.7 Å². The molecule has 0 bridgehead atoms. The molecule has 26 heavy (non-hydrogen) atoms. The van der Waals surface area contributed by atoms with E-state index in [0.717, 1.165) is 4.90 Å². The third-order valence-corrected chi connectivity index (χ3v) is 3.80. The molecular formula is C19H17NO6. The van der Waals surface area contributed by atoms with E-state index in [9.17, 15) is 14.4 Å². The highest BCUT2D eigenvalue weighted by atomic mass is 16.6. The van der Waals surface area contributed by atoms with E-state index in [1.54, 1.807) is 48.5 Å². The average Bonchev–Trinajstić information content (AvgIpc) is 2.92. The van der Waals surface area contributed by atoms with Crippen molar-refractivity contribution in [2.24, 2.45) is 0 Å². The van der Waals surface area contributed by atoms with Crippen LogP contribution in [0.5, 0.6) is 5.75 Å². The van der Waals surface area contributed by atoms with Gasteiger partial charge in [-0.2, -0.15) is 0 Å². The van der Waals surface area contributed by atoms with E-state index in [1.165, 1.54) is 7.11 Å². The molecule has 0 saturated heterocycles. The zero-order chi connectivity index (χ0) is 18.5. The first-order valence-electron chi connectivity index (χ1n) is 7.97. The van der Waals surface area contributed by atoms with Gasteiger partial charge in [-0.25, -0.2) is 9.69 Å². The first kappa shape index (κ1) is 17.6. The van der Waals surface area contributed by atoms with Crippen molar-refractivity contribution >= 4 is 23.5 Å². The Morgan fingerprint density at radius 1 is 0.923 bits per heavy atom. The van der Waals surface area contributed by atoms with Crippen molar-refractivity contribution in [2.75, 3.05) is 31.8 Å². The van der Waals surface area contributed by atoms with Crippen LogP contribution >= 0.6 is 0 Å². The Morgan fingerprint density at radius 2 is 1.54 bits per heavy atom. The number of hydrogen-bond donors (Lipinski definition) is 0. The van der Waals surface area contributed by atoms with E-state index in [1.807, 2.05) is 0 Å². The lowest BCUT2D eigenvalue weighted by molar-refractivity contribution is -0.147. The van der Waals surface area contributed by atoms with Crippen molar-refractivity contribution in [3.8, 4) is 5.75 Å². The third kappa shape index (κ3) is 3.57. The van der Waals surface area contributed by atoms with Crippen LogP contribution in [-0.4, -0.2) is 44.7 Å². The lowest BCUT2D eigenvalue weighted by Crippen LogP contribution is -2.29. The number of anilines is 1. The minimum absolute atomic E-state index is 0.164. The van der Waals surface area contributed by atoms with E-state index in [-0.39, 0.29) is 25.0 Å². The van der Waals surface area contributed by atoms with E-state index in [0.29, 0.717) is 29.2 Å². The Balaban J connectivity index is 1.63. The highest BCUT2D eigenvalue weighted by molar-refractivity contribution is 6.34. The predicted octanol–water partition coefficient (Wildman–Crippen LogP) is 2.06. The first-order valence-corrected chi connectivity index (χ1v) is 7.97. The molecule has 0 aliphatic carbocycles. The van der Waals surface area contributed by atoms with Crippen LogP contribution in [0, 0.1) is 0 Å². The summed E-state index contributed by atoms with van der Waals surface area (Å²) in [5, 5.41) is 0. The van der Waals surface area contributed by atoms with Gasteiger partial charge in [0.05, 0.1) is 23.4 Å². The largest absolute Gasteiger partial charge is 0.482 e. The van der Waals surface area contributed by atoms with Gasteiger partial charge in [0.25, 0.3) is 11.8 Å². The fraction of sp³-hybridized carbons (Fsp3) is 0.211. The molecule has 0 radical (unpaired) electrons. The summed E-state index contributed by atoms with van der Waals surface area (Å²) in [4.78, 5) is 37.5. The summed E-state index contributed by atoms with van der Waals surface area (Å²) in [6.45, 7) is 0.244. The molecular weight excluding hydrogens is 338 g/mol. The molecule has 0 fully saturated rings. The van der Waals surface area contributed by atoms with Gasteiger partial charge in [0, 0.05) is 7.11 Å². The normalized spacial score (nSPS) is 12.9. The topological polar surface area (TPSA) is 82.1 Å². The van der Waals surface area contributed by atoms with E-state index >= 15 is 0 Å². The van der Waals surface area contributed by atoms with Crippen molar-refractivity contribution in [2.45, 2.75) is 0 Å². The molecule has 0 unspecified atom stereocenters. The fourth-order valence-electron chi connectivity index (χ4n) is 2.54. The Hall–Kier alpha value is -3.19. The summed E-state index contributed by atoms with van der Waals surface area (Å²) in [5.41, 5.74) is 1.21. The highest BCUT2D eigenvalue weighted by Crippen LogP contribution is 2.29. The molecule has 1 heterocycles. The maximum Gasteiger partial charge on any atom is 0.344 e. The van der Waals surface area contributed by atoms with Crippen molar-refractivity contribution in [1.29, 1.82) is 0 Å². The third-order valence-electron chi connectivity index (χ3n) is 3.80.